The quantitative estimate of drug-likeness (QED) is 0.0571. The van der Waals surface area contributed by atoms with Gasteiger partial charge >= 0.3 is 0 Å². The van der Waals surface area contributed by atoms with Crippen molar-refractivity contribution in [3.05, 3.63) is 0 Å². The van der Waals surface area contributed by atoms with Crippen LogP contribution in [0.4, 0.5) is 0 Å². The smallest absolute Gasteiger partial charge is 0.187 e. The lowest BCUT2D eigenvalue weighted by molar-refractivity contribution is -0.377. The Morgan fingerprint density at radius 2 is 0.449 bits per heavy atom. The minimum Gasteiger partial charge on any atom is -0.394 e. The molecule has 7 aliphatic heterocycles. The van der Waals surface area contributed by atoms with E-state index in [9.17, 15) is 117 Å². The molecule has 0 aromatic rings. The highest BCUT2D eigenvalue weighted by atomic mass is 16.8. The lowest BCUT2D eigenvalue weighted by atomic mass is 9.96. The van der Waals surface area contributed by atoms with Gasteiger partial charge in [-0.25, -0.2) is 0 Å². The molecule has 0 saturated carbocycles. The standard InChI is InChI=1S/C42H72O36/c43-1-8-15(47)19(51)27(59)37(70-8)66-5-12-16(48)21(53)29(61)41(74-12)77-34-10(3-45)72-39(32(64)24(34)56)68-7-14-18(50)22(54)30(62)42(75-14)78-35-11(4-46)71-38(31(63)25(35)57)67-6-13-17(49)20(52)28(60)40(73-13)76-33-9(2-44)69-36(65)26(58)23(33)55/h8-65H,1-7H2/t8-,9-,10-,11-,12-,13-,14-,15-,16-,17-,18-,19+,20+,21+,22+,23-,24-,25-,26-,27-,28-,29-,30-,31-,32-,33-,34-,35-,36?,37+,38+,39+,40-,41-,42-/m1/s1. The predicted molar refractivity (Wildman–Crippen MR) is 232 cm³/mol. The van der Waals surface area contributed by atoms with Crippen LogP contribution in [-0.4, -0.2) is 379 Å². The normalized spacial score (nSPS) is 53.5. The van der Waals surface area contributed by atoms with Crippen LogP contribution in [0.1, 0.15) is 0 Å². The first-order valence-electron chi connectivity index (χ1n) is 24.6. The van der Waals surface area contributed by atoms with Crippen LogP contribution in [0.5, 0.6) is 0 Å². The summed E-state index contributed by atoms with van der Waals surface area (Å²) in [6.07, 6.45) is -66.0. The van der Waals surface area contributed by atoms with Crippen molar-refractivity contribution in [3.8, 4) is 0 Å². The molecule has 7 heterocycles. The van der Waals surface area contributed by atoms with Crippen LogP contribution in [0.15, 0.2) is 0 Å². The number of aliphatic hydroxyl groups is 23. The molecule has 1 unspecified atom stereocenters. The summed E-state index contributed by atoms with van der Waals surface area (Å²) in [4.78, 5) is 0. The second-order valence-corrected chi connectivity index (χ2v) is 19.7. The van der Waals surface area contributed by atoms with Crippen molar-refractivity contribution in [1.82, 2.24) is 0 Å². The van der Waals surface area contributed by atoms with Gasteiger partial charge in [0, 0.05) is 0 Å². The Balaban J connectivity index is 0.925. The van der Waals surface area contributed by atoms with Crippen LogP contribution < -0.4 is 0 Å². The second-order valence-electron chi connectivity index (χ2n) is 19.7. The molecule has 7 rings (SSSR count). The monoisotopic (exact) mass is 1150 g/mol. The van der Waals surface area contributed by atoms with Gasteiger partial charge in [-0.2, -0.15) is 0 Å². The van der Waals surface area contributed by atoms with E-state index in [0.29, 0.717) is 0 Å². The highest BCUT2D eigenvalue weighted by Gasteiger charge is 2.56. The van der Waals surface area contributed by atoms with Gasteiger partial charge in [-0.15, -0.1) is 0 Å². The van der Waals surface area contributed by atoms with Gasteiger partial charge in [-0.1, -0.05) is 0 Å². The van der Waals surface area contributed by atoms with Crippen LogP contribution in [0.3, 0.4) is 0 Å². The molecule has 78 heavy (non-hydrogen) atoms. The van der Waals surface area contributed by atoms with Gasteiger partial charge in [0.05, 0.1) is 46.2 Å². The Labute approximate surface area is 439 Å². The average molecular weight is 1150 g/mol. The zero-order valence-electron chi connectivity index (χ0n) is 40.8. The van der Waals surface area contributed by atoms with Crippen LogP contribution >= 0.6 is 0 Å². The van der Waals surface area contributed by atoms with Crippen molar-refractivity contribution in [2.75, 3.05) is 46.2 Å². The van der Waals surface area contributed by atoms with Crippen LogP contribution in [-0.2, 0) is 61.6 Å². The topological polar surface area (TPSA) is 585 Å². The van der Waals surface area contributed by atoms with Gasteiger partial charge in [0.2, 0.25) is 0 Å². The molecule has 7 saturated heterocycles. The minimum atomic E-state index is -2.14. The van der Waals surface area contributed by atoms with Gasteiger partial charge in [-0.05, 0) is 0 Å². The van der Waals surface area contributed by atoms with Crippen LogP contribution in [0.2, 0.25) is 0 Å². The van der Waals surface area contributed by atoms with E-state index in [-0.39, 0.29) is 0 Å². The van der Waals surface area contributed by atoms with Crippen molar-refractivity contribution in [2.24, 2.45) is 0 Å². The van der Waals surface area contributed by atoms with E-state index < -0.39 is 261 Å². The summed E-state index contributed by atoms with van der Waals surface area (Å²) in [5.41, 5.74) is 0. The summed E-state index contributed by atoms with van der Waals surface area (Å²) in [5, 5.41) is 241. The Kier molecular flexibility index (Phi) is 22.6. The molecule has 35 atom stereocenters. The Morgan fingerprint density at radius 1 is 0.218 bits per heavy atom. The van der Waals surface area contributed by atoms with Gasteiger partial charge in [0.15, 0.2) is 44.0 Å². The van der Waals surface area contributed by atoms with E-state index in [2.05, 4.69) is 0 Å². The Bertz CT molecular complexity index is 1810. The summed E-state index contributed by atoms with van der Waals surface area (Å²) >= 11 is 0. The van der Waals surface area contributed by atoms with Gasteiger partial charge in [0.1, 0.15) is 171 Å². The molecule has 7 aliphatic rings. The van der Waals surface area contributed by atoms with Crippen molar-refractivity contribution in [1.29, 1.82) is 0 Å². The van der Waals surface area contributed by atoms with E-state index >= 15 is 0 Å². The predicted octanol–water partition coefficient (Wildman–Crippen LogP) is -16.3. The van der Waals surface area contributed by atoms with Crippen molar-refractivity contribution in [3.63, 3.8) is 0 Å². The van der Waals surface area contributed by atoms with Crippen molar-refractivity contribution >= 4 is 0 Å². The first kappa shape index (κ1) is 64.1. The molecule has 23 N–H and O–H groups in total. The SMILES string of the molecule is OC[C@H]1O[C@H](OC[C@H]2O[C@H](O[C@H]3[C@H](O)[C@@H](O)[C@@H](OC[C@H]4O[C@H](O[C@H]5[C@H](O)[C@@H](O)[C@@H](OC[C@H]6O[C@H](O[C@H]7[C@H](O)[C@@H](O)C(O)O[C@@H]7CO)[C@H](O)[C@@H](O)[C@@H]6O)O[C@@H]5CO)[C@H](O)[C@@H](O)[C@@H]4O)O[C@@H]3CO)[C@H](O)[C@@H](O)[C@@H]2O)[C@H](O)[C@@H](O)[C@@H]1O. The number of rotatable bonds is 19. The molecule has 0 aromatic carbocycles. The van der Waals surface area contributed by atoms with E-state index in [0.717, 1.165) is 0 Å². The molecule has 0 aromatic heterocycles. The van der Waals surface area contributed by atoms with E-state index in [1.165, 1.54) is 0 Å². The molecule has 456 valence electrons. The molecule has 36 heteroatoms. The Hall–Kier alpha value is -1.44. The molecular weight excluding hydrogens is 1080 g/mol. The third-order valence-corrected chi connectivity index (χ3v) is 14.5. The fourth-order valence-electron chi connectivity index (χ4n) is 9.69. The van der Waals surface area contributed by atoms with Gasteiger partial charge < -0.3 is 179 Å². The maximum Gasteiger partial charge on any atom is 0.187 e. The van der Waals surface area contributed by atoms with Crippen molar-refractivity contribution < 1.29 is 179 Å². The number of hydrogen-bond acceptors (Lipinski definition) is 36. The molecule has 0 amide bonds. The van der Waals surface area contributed by atoms with E-state index in [1.807, 2.05) is 0 Å². The lowest BCUT2D eigenvalue weighted by Crippen LogP contribution is -2.66. The van der Waals surface area contributed by atoms with E-state index in [4.69, 9.17) is 61.6 Å². The fourth-order valence-corrected chi connectivity index (χ4v) is 9.69. The molecule has 36 nitrogen and oxygen atoms in total. The Morgan fingerprint density at radius 3 is 0.756 bits per heavy atom. The minimum absolute atomic E-state index is 0.758. The summed E-state index contributed by atoms with van der Waals surface area (Å²) in [6, 6.07) is 0. The van der Waals surface area contributed by atoms with E-state index in [1.54, 1.807) is 0 Å². The zero-order valence-corrected chi connectivity index (χ0v) is 40.8. The highest BCUT2D eigenvalue weighted by molar-refractivity contribution is 4.99. The van der Waals surface area contributed by atoms with Crippen LogP contribution in [0, 0.1) is 0 Å². The molecule has 0 aliphatic carbocycles. The lowest BCUT2D eigenvalue weighted by Gasteiger charge is -2.47. The van der Waals surface area contributed by atoms with Crippen LogP contribution in [0.25, 0.3) is 0 Å². The molecule has 0 spiro atoms. The highest BCUT2D eigenvalue weighted by Crippen LogP contribution is 2.35. The summed E-state index contributed by atoms with van der Waals surface area (Å²) in [7, 11) is 0. The summed E-state index contributed by atoms with van der Waals surface area (Å²) in [5.74, 6) is 0. The molecule has 0 radical (unpaired) electrons. The van der Waals surface area contributed by atoms with Crippen molar-refractivity contribution in [2.45, 2.75) is 215 Å². The maximum atomic E-state index is 11.2. The van der Waals surface area contributed by atoms with Gasteiger partial charge in [-0.3, -0.25) is 0 Å². The summed E-state index contributed by atoms with van der Waals surface area (Å²) < 4.78 is 71.5. The first-order chi connectivity index (χ1) is 36.9. The third kappa shape index (κ3) is 13.4. The molecule has 0 bridgehead atoms. The first-order valence-corrected chi connectivity index (χ1v) is 24.6. The molecule has 7 fully saturated rings. The average Bonchev–Trinajstić information content (AvgIpc) is 3.45. The van der Waals surface area contributed by atoms with Gasteiger partial charge in [0.25, 0.3) is 0 Å². The largest absolute Gasteiger partial charge is 0.394 e. The molecular formula is C42H72O36. The third-order valence-electron chi connectivity index (χ3n) is 14.5. The zero-order chi connectivity index (χ0) is 57.3. The summed E-state index contributed by atoms with van der Waals surface area (Å²) in [6.45, 7) is -6.16. The second kappa shape index (κ2) is 27.5. The fraction of sp³-hybridized carbons (Fsp3) is 1.00. The number of ether oxygens (including phenoxy) is 13. The maximum absolute atomic E-state index is 11.2. The number of aliphatic hydroxyl groups excluding tert-OH is 23. The number of hydrogen-bond donors (Lipinski definition) is 23.